The minimum atomic E-state index is -0.198. The van der Waals surface area contributed by atoms with Gasteiger partial charge >= 0.3 is 0 Å². The molecule has 0 heterocycles. The van der Waals surface area contributed by atoms with E-state index in [0.717, 1.165) is 5.56 Å². The van der Waals surface area contributed by atoms with Gasteiger partial charge in [0.15, 0.2) is 0 Å². The van der Waals surface area contributed by atoms with Gasteiger partial charge < -0.3 is 4.74 Å². The summed E-state index contributed by atoms with van der Waals surface area (Å²) in [5.41, 5.74) is 3.16. The highest BCUT2D eigenvalue weighted by atomic mass is 35.5. The molecule has 1 unspecified atom stereocenters. The molecule has 0 radical (unpaired) electrons. The molecule has 4 nitrogen and oxygen atoms in total. The lowest BCUT2D eigenvalue weighted by Gasteiger charge is -2.15. The van der Waals surface area contributed by atoms with Crippen molar-refractivity contribution >= 4 is 17.5 Å². The molecule has 0 bridgehead atoms. The van der Waals surface area contributed by atoms with E-state index in [4.69, 9.17) is 22.2 Å². The lowest BCUT2D eigenvalue weighted by molar-refractivity contribution is -0.121. The van der Waals surface area contributed by atoms with Gasteiger partial charge in [0.2, 0.25) is 5.91 Å². The first-order chi connectivity index (χ1) is 8.02. The zero-order valence-electron chi connectivity index (χ0n) is 10.00. The Kier molecular flexibility index (Phi) is 5.25. The van der Waals surface area contributed by atoms with Crippen LogP contribution in [0.25, 0.3) is 0 Å². The maximum absolute atomic E-state index is 11.0. The number of halogens is 1. The van der Waals surface area contributed by atoms with Crippen LogP contribution in [0.1, 0.15) is 25.3 Å². The van der Waals surface area contributed by atoms with Crippen molar-refractivity contribution in [1.82, 2.24) is 5.43 Å². The van der Waals surface area contributed by atoms with Crippen molar-refractivity contribution in [2.45, 2.75) is 32.8 Å². The number of aryl methyl sites for hydroxylation is 1. The molecule has 0 fully saturated rings. The second kappa shape index (κ2) is 6.47. The molecular formula is C12H17ClN2O2. The first-order valence-corrected chi connectivity index (χ1v) is 5.83. The molecule has 94 valence electrons. The largest absolute Gasteiger partial charge is 0.489 e. The summed E-state index contributed by atoms with van der Waals surface area (Å²) < 4.78 is 5.67. The summed E-state index contributed by atoms with van der Waals surface area (Å²) in [4.78, 5) is 11.0. The van der Waals surface area contributed by atoms with Gasteiger partial charge in [-0.2, -0.15) is 0 Å². The fourth-order valence-electron chi connectivity index (χ4n) is 1.38. The predicted octanol–water partition coefficient (Wildman–Crippen LogP) is 2.19. The van der Waals surface area contributed by atoms with Gasteiger partial charge in [0, 0.05) is 6.42 Å². The van der Waals surface area contributed by atoms with E-state index in [1.807, 2.05) is 26.0 Å². The predicted molar refractivity (Wildman–Crippen MR) is 67.8 cm³/mol. The smallest absolute Gasteiger partial charge is 0.234 e. The Balaban J connectivity index is 2.52. The van der Waals surface area contributed by atoms with Crippen LogP contribution in [0.5, 0.6) is 5.75 Å². The topological polar surface area (TPSA) is 64.3 Å². The minimum absolute atomic E-state index is 0.0911. The van der Waals surface area contributed by atoms with E-state index in [2.05, 4.69) is 5.43 Å². The number of amides is 1. The first-order valence-electron chi connectivity index (χ1n) is 5.45. The van der Waals surface area contributed by atoms with E-state index in [0.29, 0.717) is 23.6 Å². The number of hydrazine groups is 1. The molecule has 17 heavy (non-hydrogen) atoms. The Morgan fingerprint density at radius 3 is 2.94 bits per heavy atom. The van der Waals surface area contributed by atoms with Crippen LogP contribution < -0.4 is 16.0 Å². The molecule has 1 aromatic carbocycles. The number of nitrogens with two attached hydrogens (primary N) is 1. The van der Waals surface area contributed by atoms with Crippen molar-refractivity contribution in [2.24, 2.45) is 5.84 Å². The molecule has 0 aliphatic carbocycles. The Hall–Kier alpha value is -1.26. The van der Waals surface area contributed by atoms with E-state index in [1.165, 1.54) is 0 Å². The molecule has 0 saturated heterocycles. The fraction of sp³-hybridized carbons (Fsp3) is 0.417. The van der Waals surface area contributed by atoms with Crippen LogP contribution >= 0.6 is 11.6 Å². The summed E-state index contributed by atoms with van der Waals surface area (Å²) in [6.07, 6.45) is 0.834. The highest BCUT2D eigenvalue weighted by Gasteiger charge is 2.09. The number of ether oxygens (including phenoxy) is 1. The van der Waals surface area contributed by atoms with Crippen molar-refractivity contribution in [3.63, 3.8) is 0 Å². The van der Waals surface area contributed by atoms with Crippen LogP contribution in [0.4, 0.5) is 0 Å². The summed E-state index contributed by atoms with van der Waals surface area (Å²) in [7, 11) is 0. The summed E-state index contributed by atoms with van der Waals surface area (Å²) in [5, 5.41) is 0.575. The third-order valence-electron chi connectivity index (χ3n) is 2.35. The molecule has 5 heteroatoms. The number of rotatable bonds is 5. The monoisotopic (exact) mass is 256 g/mol. The third-order valence-corrected chi connectivity index (χ3v) is 2.67. The van der Waals surface area contributed by atoms with Gasteiger partial charge in [-0.25, -0.2) is 5.84 Å². The average molecular weight is 257 g/mol. The van der Waals surface area contributed by atoms with Crippen LogP contribution in [-0.2, 0) is 4.79 Å². The van der Waals surface area contributed by atoms with Crippen LogP contribution in [0.3, 0.4) is 0 Å². The Morgan fingerprint density at radius 2 is 2.29 bits per heavy atom. The molecule has 0 spiro atoms. The van der Waals surface area contributed by atoms with Gasteiger partial charge in [-0.1, -0.05) is 17.7 Å². The minimum Gasteiger partial charge on any atom is -0.489 e. The molecule has 0 aliphatic rings. The van der Waals surface area contributed by atoms with Crippen LogP contribution in [0.2, 0.25) is 5.02 Å². The first kappa shape index (κ1) is 13.8. The van der Waals surface area contributed by atoms with Crippen molar-refractivity contribution in [3.8, 4) is 5.75 Å². The lowest BCUT2D eigenvalue weighted by atomic mass is 10.2. The zero-order valence-corrected chi connectivity index (χ0v) is 10.8. The van der Waals surface area contributed by atoms with Crippen LogP contribution in [0.15, 0.2) is 18.2 Å². The molecule has 3 N–H and O–H groups in total. The second-order valence-electron chi connectivity index (χ2n) is 3.97. The van der Waals surface area contributed by atoms with Gasteiger partial charge in [0.05, 0.1) is 11.1 Å². The third kappa shape index (κ3) is 4.63. The summed E-state index contributed by atoms with van der Waals surface area (Å²) in [6.45, 7) is 3.86. The summed E-state index contributed by atoms with van der Waals surface area (Å²) in [5.74, 6) is 5.44. The number of carbonyl (C=O) groups is 1. The quantitative estimate of drug-likeness (QED) is 0.482. The molecule has 0 aliphatic heterocycles. The number of hydrogen-bond donors (Lipinski definition) is 2. The molecule has 0 saturated carbocycles. The summed E-state index contributed by atoms with van der Waals surface area (Å²) in [6, 6.07) is 5.59. The zero-order chi connectivity index (χ0) is 12.8. The average Bonchev–Trinajstić information content (AvgIpc) is 2.30. The maximum atomic E-state index is 11.0. The van der Waals surface area contributed by atoms with E-state index >= 15 is 0 Å². The van der Waals surface area contributed by atoms with Gasteiger partial charge in [0.1, 0.15) is 5.75 Å². The number of benzene rings is 1. The summed E-state index contributed by atoms with van der Waals surface area (Å²) >= 11 is 6.01. The van der Waals surface area contributed by atoms with Gasteiger partial charge in [0.25, 0.3) is 0 Å². The van der Waals surface area contributed by atoms with E-state index in [-0.39, 0.29) is 12.0 Å². The maximum Gasteiger partial charge on any atom is 0.234 e. The van der Waals surface area contributed by atoms with Crippen molar-refractivity contribution < 1.29 is 9.53 Å². The Bertz CT molecular complexity index is 396. The number of hydrogen-bond acceptors (Lipinski definition) is 3. The van der Waals surface area contributed by atoms with E-state index < -0.39 is 0 Å². The standard InChI is InChI=1S/C12H17ClN2O2/c1-8-3-5-10(13)11(7-8)17-9(2)4-6-12(16)15-14/h3,5,7,9H,4,6,14H2,1-2H3,(H,15,16). The Morgan fingerprint density at radius 1 is 1.59 bits per heavy atom. The highest BCUT2D eigenvalue weighted by Crippen LogP contribution is 2.26. The van der Waals surface area contributed by atoms with Crippen LogP contribution in [-0.4, -0.2) is 12.0 Å². The highest BCUT2D eigenvalue weighted by molar-refractivity contribution is 6.32. The van der Waals surface area contributed by atoms with E-state index in [1.54, 1.807) is 6.07 Å². The molecule has 1 aromatic rings. The van der Waals surface area contributed by atoms with Crippen molar-refractivity contribution in [3.05, 3.63) is 28.8 Å². The second-order valence-corrected chi connectivity index (χ2v) is 4.38. The van der Waals surface area contributed by atoms with Gasteiger partial charge in [-0.05, 0) is 38.0 Å². The molecule has 1 atom stereocenters. The molecule has 1 rings (SSSR count). The SMILES string of the molecule is Cc1ccc(Cl)c(OC(C)CCC(=O)NN)c1. The number of carbonyl (C=O) groups excluding carboxylic acids is 1. The normalized spacial score (nSPS) is 12.0. The lowest BCUT2D eigenvalue weighted by Crippen LogP contribution is -2.30. The molecule has 0 aromatic heterocycles. The molecule has 1 amide bonds. The number of nitrogens with one attached hydrogen (secondary N) is 1. The van der Waals surface area contributed by atoms with Crippen LogP contribution in [0, 0.1) is 6.92 Å². The van der Waals surface area contributed by atoms with Crippen molar-refractivity contribution in [1.29, 1.82) is 0 Å². The molecular weight excluding hydrogens is 240 g/mol. The van der Waals surface area contributed by atoms with E-state index in [9.17, 15) is 4.79 Å². The van der Waals surface area contributed by atoms with Crippen molar-refractivity contribution in [2.75, 3.05) is 0 Å². The fourth-order valence-corrected chi connectivity index (χ4v) is 1.55. The van der Waals surface area contributed by atoms with Gasteiger partial charge in [-0.3, -0.25) is 10.2 Å². The Labute approximate surface area is 106 Å². The van der Waals surface area contributed by atoms with Gasteiger partial charge in [-0.15, -0.1) is 0 Å².